The molecule has 0 aromatic heterocycles. The van der Waals surface area contributed by atoms with Crippen LogP contribution in [0.2, 0.25) is 0 Å². The standard InChI is InChI=1S/C15H30ClN3/c1-13(2)17-12-15(14-6-4-3-5-7-14)18-8-10-19(16)11-9-18/h13-15,17H,3-12H2,1-2H3. The van der Waals surface area contributed by atoms with Gasteiger partial charge in [0.15, 0.2) is 0 Å². The first kappa shape index (κ1) is 15.6. The van der Waals surface area contributed by atoms with E-state index in [0.29, 0.717) is 12.1 Å². The fraction of sp³-hybridized carbons (Fsp3) is 1.00. The third kappa shape index (κ3) is 4.89. The second kappa shape index (κ2) is 7.82. The summed E-state index contributed by atoms with van der Waals surface area (Å²) >= 11 is 6.09. The molecule has 2 fully saturated rings. The Balaban J connectivity index is 1.92. The second-order valence-electron chi connectivity index (χ2n) is 6.47. The molecule has 1 unspecified atom stereocenters. The van der Waals surface area contributed by atoms with E-state index in [2.05, 4.69) is 24.1 Å². The third-order valence-electron chi connectivity index (χ3n) is 4.66. The van der Waals surface area contributed by atoms with Crippen molar-refractivity contribution in [3.8, 4) is 0 Å². The number of hydrogen-bond donors (Lipinski definition) is 1. The summed E-state index contributed by atoms with van der Waals surface area (Å²) in [5.41, 5.74) is 0. The Morgan fingerprint density at radius 3 is 2.26 bits per heavy atom. The van der Waals surface area contributed by atoms with Crippen LogP contribution < -0.4 is 5.32 Å². The monoisotopic (exact) mass is 287 g/mol. The zero-order valence-corrected chi connectivity index (χ0v) is 13.3. The molecule has 0 amide bonds. The van der Waals surface area contributed by atoms with Gasteiger partial charge >= 0.3 is 0 Å². The minimum absolute atomic E-state index is 0.584. The van der Waals surface area contributed by atoms with Gasteiger partial charge < -0.3 is 5.32 Å². The first-order valence-electron chi connectivity index (χ1n) is 8.05. The van der Waals surface area contributed by atoms with Crippen molar-refractivity contribution in [2.45, 2.75) is 58.0 Å². The van der Waals surface area contributed by atoms with Crippen LogP contribution in [0, 0.1) is 5.92 Å². The molecule has 2 rings (SSSR count). The highest BCUT2D eigenvalue weighted by Gasteiger charge is 2.30. The van der Waals surface area contributed by atoms with E-state index in [1.165, 1.54) is 32.1 Å². The predicted octanol–water partition coefficient (Wildman–Crippen LogP) is 2.70. The van der Waals surface area contributed by atoms with E-state index >= 15 is 0 Å². The Hall–Kier alpha value is 0.170. The summed E-state index contributed by atoms with van der Waals surface area (Å²) in [6.45, 7) is 9.90. The topological polar surface area (TPSA) is 18.5 Å². The minimum atomic E-state index is 0.584. The van der Waals surface area contributed by atoms with Gasteiger partial charge in [-0.3, -0.25) is 4.90 Å². The first-order valence-corrected chi connectivity index (χ1v) is 8.39. The largest absolute Gasteiger partial charge is 0.313 e. The van der Waals surface area contributed by atoms with E-state index in [1.807, 2.05) is 4.42 Å². The van der Waals surface area contributed by atoms with E-state index in [4.69, 9.17) is 11.8 Å². The van der Waals surface area contributed by atoms with Crippen LogP contribution in [0.4, 0.5) is 0 Å². The fourth-order valence-electron chi connectivity index (χ4n) is 3.50. The molecule has 0 bridgehead atoms. The van der Waals surface area contributed by atoms with Crippen molar-refractivity contribution >= 4 is 11.8 Å². The van der Waals surface area contributed by atoms with Crippen LogP contribution in [-0.2, 0) is 0 Å². The van der Waals surface area contributed by atoms with Crippen molar-refractivity contribution in [3.63, 3.8) is 0 Å². The highest BCUT2D eigenvalue weighted by Crippen LogP contribution is 2.29. The van der Waals surface area contributed by atoms with Gasteiger partial charge in [-0.05, 0) is 30.5 Å². The van der Waals surface area contributed by atoms with Gasteiger partial charge in [0.1, 0.15) is 0 Å². The highest BCUT2D eigenvalue weighted by atomic mass is 35.5. The molecule has 0 spiro atoms. The second-order valence-corrected chi connectivity index (χ2v) is 6.95. The molecule has 1 aliphatic carbocycles. The summed E-state index contributed by atoms with van der Waals surface area (Å²) in [6, 6.07) is 1.30. The summed E-state index contributed by atoms with van der Waals surface area (Å²) in [4.78, 5) is 2.68. The van der Waals surface area contributed by atoms with Crippen molar-refractivity contribution < 1.29 is 0 Å². The molecule has 1 aliphatic heterocycles. The maximum Gasteiger partial charge on any atom is 0.0267 e. The van der Waals surface area contributed by atoms with Crippen LogP contribution in [0.1, 0.15) is 46.0 Å². The number of piperazine rings is 1. The predicted molar refractivity (Wildman–Crippen MR) is 82.5 cm³/mol. The highest BCUT2D eigenvalue weighted by molar-refractivity contribution is 6.13. The number of nitrogens with zero attached hydrogens (tertiary/aromatic N) is 2. The molecule has 2 aliphatic rings. The van der Waals surface area contributed by atoms with Crippen LogP contribution in [0.15, 0.2) is 0 Å². The zero-order chi connectivity index (χ0) is 13.7. The van der Waals surface area contributed by atoms with E-state index in [1.54, 1.807) is 0 Å². The number of halogens is 1. The van der Waals surface area contributed by atoms with Crippen molar-refractivity contribution in [3.05, 3.63) is 0 Å². The molecule has 1 heterocycles. The van der Waals surface area contributed by atoms with Crippen LogP contribution >= 0.6 is 11.8 Å². The lowest BCUT2D eigenvalue weighted by atomic mass is 9.83. The smallest absolute Gasteiger partial charge is 0.0267 e. The van der Waals surface area contributed by atoms with Gasteiger partial charge in [-0.1, -0.05) is 33.1 Å². The quantitative estimate of drug-likeness (QED) is 0.785. The molecular weight excluding hydrogens is 258 g/mol. The normalized spacial score (nSPS) is 25.9. The number of hydrogen-bond acceptors (Lipinski definition) is 3. The lowest BCUT2D eigenvalue weighted by molar-refractivity contribution is 0.0815. The summed E-state index contributed by atoms with van der Waals surface area (Å²) in [5.74, 6) is 0.891. The van der Waals surface area contributed by atoms with E-state index < -0.39 is 0 Å². The molecule has 0 aromatic carbocycles. The Morgan fingerprint density at radius 1 is 1.05 bits per heavy atom. The molecule has 1 N–H and O–H groups in total. The van der Waals surface area contributed by atoms with Crippen LogP contribution in [0.5, 0.6) is 0 Å². The van der Waals surface area contributed by atoms with E-state index in [0.717, 1.165) is 38.6 Å². The molecule has 3 nitrogen and oxygen atoms in total. The lowest BCUT2D eigenvalue weighted by Crippen LogP contribution is -2.54. The van der Waals surface area contributed by atoms with Gasteiger partial charge in [-0.25, -0.2) is 4.42 Å². The Labute approximate surface area is 123 Å². The van der Waals surface area contributed by atoms with Gasteiger partial charge in [0, 0.05) is 44.8 Å². The average Bonchev–Trinajstić information content (AvgIpc) is 2.42. The molecule has 1 saturated heterocycles. The molecule has 1 saturated carbocycles. The van der Waals surface area contributed by atoms with Gasteiger partial charge in [-0.15, -0.1) is 0 Å². The van der Waals surface area contributed by atoms with Crippen LogP contribution in [0.3, 0.4) is 0 Å². The Bertz CT molecular complexity index is 246. The maximum atomic E-state index is 6.09. The van der Waals surface area contributed by atoms with Gasteiger partial charge in [-0.2, -0.15) is 0 Å². The van der Waals surface area contributed by atoms with Crippen LogP contribution in [0.25, 0.3) is 0 Å². The number of rotatable bonds is 5. The molecule has 0 radical (unpaired) electrons. The molecule has 4 heteroatoms. The average molecular weight is 288 g/mol. The Kier molecular flexibility index (Phi) is 6.40. The van der Waals surface area contributed by atoms with Gasteiger partial charge in [0.2, 0.25) is 0 Å². The summed E-state index contributed by atoms with van der Waals surface area (Å²) in [5, 5.41) is 3.66. The fourth-order valence-corrected chi connectivity index (χ4v) is 3.65. The van der Waals surface area contributed by atoms with Crippen molar-refractivity contribution in [2.24, 2.45) is 5.92 Å². The summed E-state index contributed by atoms with van der Waals surface area (Å²) in [6.07, 6.45) is 7.14. The number of nitrogens with one attached hydrogen (secondary N) is 1. The molecule has 112 valence electrons. The summed E-state index contributed by atoms with van der Waals surface area (Å²) < 4.78 is 1.93. The van der Waals surface area contributed by atoms with Gasteiger partial charge in [0.25, 0.3) is 0 Å². The van der Waals surface area contributed by atoms with Crippen molar-refractivity contribution in [2.75, 3.05) is 32.7 Å². The molecule has 19 heavy (non-hydrogen) atoms. The SMILES string of the molecule is CC(C)NCC(C1CCCCC1)N1CCN(Cl)CC1. The van der Waals surface area contributed by atoms with Crippen LogP contribution in [-0.4, -0.2) is 54.1 Å². The molecule has 1 atom stereocenters. The third-order valence-corrected chi connectivity index (χ3v) is 5.00. The van der Waals surface area contributed by atoms with Crippen molar-refractivity contribution in [1.29, 1.82) is 0 Å². The minimum Gasteiger partial charge on any atom is -0.313 e. The van der Waals surface area contributed by atoms with E-state index in [9.17, 15) is 0 Å². The lowest BCUT2D eigenvalue weighted by Gasteiger charge is -2.42. The molecular formula is C15H30ClN3. The maximum absolute atomic E-state index is 6.09. The summed E-state index contributed by atoms with van der Waals surface area (Å²) in [7, 11) is 0. The van der Waals surface area contributed by atoms with Gasteiger partial charge in [0.05, 0.1) is 0 Å². The van der Waals surface area contributed by atoms with Crippen molar-refractivity contribution in [1.82, 2.24) is 14.6 Å². The van der Waals surface area contributed by atoms with E-state index in [-0.39, 0.29) is 0 Å². The molecule has 0 aromatic rings. The first-order chi connectivity index (χ1) is 9.16. The Morgan fingerprint density at radius 2 is 1.68 bits per heavy atom. The zero-order valence-electron chi connectivity index (χ0n) is 12.6.